The maximum Gasteiger partial charge on any atom is 0.141 e. The van der Waals surface area contributed by atoms with Gasteiger partial charge in [0.25, 0.3) is 0 Å². The summed E-state index contributed by atoms with van der Waals surface area (Å²) in [6.07, 6.45) is 1.87. The second-order valence-corrected chi connectivity index (χ2v) is 4.05. The Balaban J connectivity index is 2.45. The van der Waals surface area contributed by atoms with E-state index >= 15 is 0 Å². The molecule has 84 valence electrons. The second-order valence-electron chi connectivity index (χ2n) is 3.64. The minimum atomic E-state index is 0.729. The number of benzene rings is 1. The van der Waals surface area contributed by atoms with Crippen molar-refractivity contribution in [2.45, 2.75) is 6.54 Å². The quantitative estimate of drug-likeness (QED) is 0.886. The summed E-state index contributed by atoms with van der Waals surface area (Å²) in [5.74, 6) is 0.899. The molecule has 0 spiro atoms. The first-order valence-corrected chi connectivity index (χ1v) is 5.52. The molecule has 1 aromatic carbocycles. The first-order chi connectivity index (χ1) is 7.74. The maximum absolute atomic E-state index is 6.15. The lowest BCUT2D eigenvalue weighted by molar-refractivity contribution is 0.738. The predicted octanol–water partition coefficient (Wildman–Crippen LogP) is 2.46. The SMILES string of the molecule is CNCc1cnc(-c2ccccc2Cl)n1C. The van der Waals surface area contributed by atoms with E-state index in [9.17, 15) is 0 Å². The van der Waals surface area contributed by atoms with E-state index in [1.54, 1.807) is 0 Å². The Morgan fingerprint density at radius 2 is 2.12 bits per heavy atom. The summed E-state index contributed by atoms with van der Waals surface area (Å²) >= 11 is 6.15. The molecule has 0 radical (unpaired) electrons. The van der Waals surface area contributed by atoms with Gasteiger partial charge in [0, 0.05) is 19.2 Å². The van der Waals surface area contributed by atoms with Crippen molar-refractivity contribution in [3.63, 3.8) is 0 Å². The van der Waals surface area contributed by atoms with Crippen LogP contribution >= 0.6 is 11.6 Å². The van der Waals surface area contributed by atoms with Gasteiger partial charge < -0.3 is 9.88 Å². The zero-order chi connectivity index (χ0) is 11.5. The smallest absolute Gasteiger partial charge is 0.141 e. The van der Waals surface area contributed by atoms with Crippen molar-refractivity contribution in [2.75, 3.05) is 7.05 Å². The number of hydrogen-bond acceptors (Lipinski definition) is 2. The monoisotopic (exact) mass is 235 g/mol. The van der Waals surface area contributed by atoms with E-state index in [4.69, 9.17) is 11.6 Å². The van der Waals surface area contributed by atoms with Crippen LogP contribution in [0, 0.1) is 0 Å². The Morgan fingerprint density at radius 3 is 2.81 bits per heavy atom. The highest BCUT2D eigenvalue weighted by Gasteiger charge is 2.10. The molecule has 0 amide bonds. The zero-order valence-corrected chi connectivity index (χ0v) is 10.1. The molecule has 1 N–H and O–H groups in total. The number of hydrogen-bond donors (Lipinski definition) is 1. The van der Waals surface area contributed by atoms with Crippen LogP contribution in [0.15, 0.2) is 30.5 Å². The molecule has 3 nitrogen and oxygen atoms in total. The van der Waals surface area contributed by atoms with Gasteiger partial charge in [-0.15, -0.1) is 0 Å². The van der Waals surface area contributed by atoms with Crippen molar-refractivity contribution in [1.82, 2.24) is 14.9 Å². The molecule has 0 unspecified atom stereocenters. The Morgan fingerprint density at radius 1 is 1.38 bits per heavy atom. The molecule has 2 aromatic rings. The number of imidazole rings is 1. The van der Waals surface area contributed by atoms with Crippen molar-refractivity contribution in [3.05, 3.63) is 41.2 Å². The van der Waals surface area contributed by atoms with Gasteiger partial charge in [-0.25, -0.2) is 4.98 Å². The molecule has 2 rings (SSSR count). The van der Waals surface area contributed by atoms with E-state index < -0.39 is 0 Å². The normalized spacial score (nSPS) is 10.7. The van der Waals surface area contributed by atoms with E-state index in [2.05, 4.69) is 14.9 Å². The predicted molar refractivity (Wildman–Crippen MR) is 66.4 cm³/mol. The molecule has 1 heterocycles. The Kier molecular flexibility index (Phi) is 3.27. The largest absolute Gasteiger partial charge is 0.330 e. The second kappa shape index (κ2) is 4.68. The van der Waals surface area contributed by atoms with E-state index in [0.29, 0.717) is 0 Å². The fraction of sp³-hybridized carbons (Fsp3) is 0.250. The number of halogens is 1. The third kappa shape index (κ3) is 1.96. The van der Waals surface area contributed by atoms with Crippen LogP contribution in [0.3, 0.4) is 0 Å². The fourth-order valence-corrected chi connectivity index (χ4v) is 1.90. The summed E-state index contributed by atoms with van der Waals surface area (Å²) in [5, 5.41) is 3.84. The van der Waals surface area contributed by atoms with Gasteiger partial charge in [-0.1, -0.05) is 23.7 Å². The van der Waals surface area contributed by atoms with Crippen molar-refractivity contribution in [3.8, 4) is 11.4 Å². The Labute approximate surface area is 100 Å². The van der Waals surface area contributed by atoms with Gasteiger partial charge in [-0.3, -0.25) is 0 Å². The van der Waals surface area contributed by atoms with Crippen LogP contribution < -0.4 is 5.32 Å². The first kappa shape index (κ1) is 11.2. The van der Waals surface area contributed by atoms with Crippen molar-refractivity contribution in [2.24, 2.45) is 7.05 Å². The van der Waals surface area contributed by atoms with E-state index in [-0.39, 0.29) is 0 Å². The molecule has 4 heteroatoms. The highest BCUT2D eigenvalue weighted by molar-refractivity contribution is 6.33. The minimum absolute atomic E-state index is 0.729. The van der Waals surface area contributed by atoms with Crippen molar-refractivity contribution < 1.29 is 0 Å². The van der Waals surface area contributed by atoms with Crippen LogP contribution in [-0.2, 0) is 13.6 Å². The molecular weight excluding hydrogens is 222 g/mol. The lowest BCUT2D eigenvalue weighted by Crippen LogP contribution is -2.09. The van der Waals surface area contributed by atoms with Gasteiger partial charge in [-0.05, 0) is 19.2 Å². The lowest BCUT2D eigenvalue weighted by atomic mass is 10.2. The zero-order valence-electron chi connectivity index (χ0n) is 9.37. The Bertz CT molecular complexity index is 491. The highest BCUT2D eigenvalue weighted by Crippen LogP contribution is 2.26. The van der Waals surface area contributed by atoms with Crippen LogP contribution in [0.25, 0.3) is 11.4 Å². The van der Waals surface area contributed by atoms with Crippen LogP contribution in [0.2, 0.25) is 5.02 Å². The lowest BCUT2D eigenvalue weighted by Gasteiger charge is -2.06. The summed E-state index contributed by atoms with van der Waals surface area (Å²) < 4.78 is 2.05. The van der Waals surface area contributed by atoms with Gasteiger partial charge in [-0.2, -0.15) is 0 Å². The third-order valence-electron chi connectivity index (χ3n) is 2.56. The molecule has 0 atom stereocenters. The van der Waals surface area contributed by atoms with Crippen molar-refractivity contribution >= 4 is 11.6 Å². The molecule has 1 aromatic heterocycles. The average Bonchev–Trinajstić information content (AvgIpc) is 2.62. The minimum Gasteiger partial charge on any atom is -0.330 e. The molecule has 0 saturated heterocycles. The third-order valence-corrected chi connectivity index (χ3v) is 2.89. The molecule has 0 aliphatic carbocycles. The van der Waals surface area contributed by atoms with Gasteiger partial charge in [0.05, 0.1) is 16.9 Å². The van der Waals surface area contributed by atoms with E-state index in [0.717, 1.165) is 28.6 Å². The maximum atomic E-state index is 6.15. The summed E-state index contributed by atoms with van der Waals surface area (Å²) in [4.78, 5) is 4.40. The van der Waals surface area contributed by atoms with Crippen LogP contribution in [0.5, 0.6) is 0 Å². The van der Waals surface area contributed by atoms with Crippen LogP contribution in [0.4, 0.5) is 0 Å². The molecule has 0 bridgehead atoms. The molecular formula is C12H14ClN3. The topological polar surface area (TPSA) is 29.9 Å². The van der Waals surface area contributed by atoms with E-state index in [1.807, 2.05) is 44.6 Å². The van der Waals surface area contributed by atoms with Gasteiger partial charge in [0.1, 0.15) is 5.82 Å². The molecule has 0 aliphatic rings. The number of nitrogens with one attached hydrogen (secondary N) is 1. The number of nitrogens with zero attached hydrogens (tertiary/aromatic N) is 2. The molecule has 16 heavy (non-hydrogen) atoms. The number of rotatable bonds is 3. The summed E-state index contributed by atoms with van der Waals surface area (Å²) in [6, 6.07) is 7.74. The molecule has 0 fully saturated rings. The van der Waals surface area contributed by atoms with Gasteiger partial charge in [0.15, 0.2) is 0 Å². The average molecular weight is 236 g/mol. The number of aromatic nitrogens is 2. The standard InChI is InChI=1S/C12H14ClN3/c1-14-7-9-8-15-12(16(9)2)10-5-3-4-6-11(10)13/h3-6,8,14H,7H2,1-2H3. The molecule has 0 saturated carbocycles. The van der Waals surface area contributed by atoms with Crippen LogP contribution in [0.1, 0.15) is 5.69 Å². The van der Waals surface area contributed by atoms with Crippen LogP contribution in [-0.4, -0.2) is 16.6 Å². The molecule has 0 aliphatic heterocycles. The van der Waals surface area contributed by atoms with Gasteiger partial charge >= 0.3 is 0 Å². The summed E-state index contributed by atoms with van der Waals surface area (Å²) in [7, 11) is 3.92. The summed E-state index contributed by atoms with van der Waals surface area (Å²) in [5.41, 5.74) is 2.10. The highest BCUT2D eigenvalue weighted by atomic mass is 35.5. The fourth-order valence-electron chi connectivity index (χ4n) is 1.68. The Hall–Kier alpha value is -1.32. The van der Waals surface area contributed by atoms with Gasteiger partial charge in [0.2, 0.25) is 0 Å². The first-order valence-electron chi connectivity index (χ1n) is 5.14. The van der Waals surface area contributed by atoms with E-state index in [1.165, 1.54) is 0 Å². The summed E-state index contributed by atoms with van der Waals surface area (Å²) in [6.45, 7) is 0.800. The van der Waals surface area contributed by atoms with Crippen molar-refractivity contribution in [1.29, 1.82) is 0 Å².